The number of benzene rings is 5. The summed E-state index contributed by atoms with van der Waals surface area (Å²) in [5.74, 6) is 1.92. The second kappa shape index (κ2) is 12.6. The molecule has 0 spiro atoms. The van der Waals surface area contributed by atoms with Gasteiger partial charge in [0.1, 0.15) is 0 Å². The normalized spacial score (nSPS) is 13.4. The summed E-state index contributed by atoms with van der Waals surface area (Å²) in [4.78, 5) is 19.8. The molecule has 2 heterocycles. The van der Waals surface area contributed by atoms with Crippen LogP contribution in [0.3, 0.4) is 0 Å². The van der Waals surface area contributed by atoms with Crippen molar-refractivity contribution in [1.82, 2.24) is 19.9 Å². The second-order valence-electron chi connectivity index (χ2n) is 13.2. The Morgan fingerprint density at radius 2 is 1.28 bits per heavy atom. The van der Waals surface area contributed by atoms with Crippen LogP contribution in [0.4, 0.5) is 0 Å². The lowest BCUT2D eigenvalue weighted by molar-refractivity contribution is 0.661. The Balaban J connectivity index is 1.31. The molecular formula is C46H36N4. The van der Waals surface area contributed by atoms with E-state index in [-0.39, 0.29) is 5.41 Å². The molecular weight excluding hydrogens is 609 g/mol. The van der Waals surface area contributed by atoms with Crippen molar-refractivity contribution in [3.05, 3.63) is 175 Å². The fourth-order valence-corrected chi connectivity index (χ4v) is 7.09. The third-order valence-corrected chi connectivity index (χ3v) is 9.80. The van der Waals surface area contributed by atoms with Crippen LogP contribution in [0.2, 0.25) is 0 Å². The van der Waals surface area contributed by atoms with Crippen LogP contribution in [-0.4, -0.2) is 19.9 Å². The van der Waals surface area contributed by atoms with Crippen molar-refractivity contribution in [3.63, 3.8) is 0 Å². The van der Waals surface area contributed by atoms with Crippen LogP contribution in [0.5, 0.6) is 0 Å². The molecule has 0 aliphatic heterocycles. The molecule has 0 fully saturated rings. The van der Waals surface area contributed by atoms with Gasteiger partial charge in [0.15, 0.2) is 17.5 Å². The van der Waals surface area contributed by atoms with Crippen LogP contribution in [-0.2, 0) is 5.41 Å². The summed E-state index contributed by atoms with van der Waals surface area (Å²) in [6.07, 6.45) is 11.5. The van der Waals surface area contributed by atoms with Gasteiger partial charge in [-0.25, -0.2) is 15.0 Å². The Hall–Kier alpha value is -6.26. The van der Waals surface area contributed by atoms with Gasteiger partial charge in [-0.1, -0.05) is 154 Å². The smallest absolute Gasteiger partial charge is 0.164 e. The number of hydrogen-bond acceptors (Lipinski definition) is 4. The molecule has 0 bridgehead atoms. The molecule has 7 aromatic rings. The first-order valence-electron chi connectivity index (χ1n) is 16.9. The molecule has 4 heteroatoms. The molecule has 0 radical (unpaired) electrons. The van der Waals surface area contributed by atoms with Crippen LogP contribution >= 0.6 is 0 Å². The molecule has 8 rings (SSSR count). The third-order valence-electron chi connectivity index (χ3n) is 9.80. The highest BCUT2D eigenvalue weighted by Gasteiger charge is 2.38. The van der Waals surface area contributed by atoms with Crippen LogP contribution < -0.4 is 0 Å². The molecule has 0 N–H and O–H groups in total. The monoisotopic (exact) mass is 644 g/mol. The maximum atomic E-state index is 5.21. The van der Waals surface area contributed by atoms with Gasteiger partial charge in [-0.2, -0.15) is 0 Å². The Kier molecular flexibility index (Phi) is 7.85. The van der Waals surface area contributed by atoms with Crippen molar-refractivity contribution < 1.29 is 0 Å². The van der Waals surface area contributed by atoms with Crippen molar-refractivity contribution in [2.75, 3.05) is 0 Å². The number of hydrogen-bond donors (Lipinski definition) is 0. The minimum Gasteiger partial charge on any atom is -0.264 e. The Morgan fingerprint density at radius 3 is 2.00 bits per heavy atom. The molecule has 2 aromatic heterocycles. The first kappa shape index (κ1) is 31.0. The Bertz CT molecular complexity index is 2450. The fraction of sp³-hybridized carbons (Fsp3) is 0.0870. The summed E-state index contributed by atoms with van der Waals surface area (Å²) in [6, 6.07) is 40.6. The van der Waals surface area contributed by atoms with E-state index < -0.39 is 0 Å². The van der Waals surface area contributed by atoms with Gasteiger partial charge < -0.3 is 0 Å². The van der Waals surface area contributed by atoms with E-state index in [1.54, 1.807) is 12.3 Å². The number of aromatic nitrogens is 4. The van der Waals surface area contributed by atoms with Crippen LogP contribution in [0.1, 0.15) is 37.5 Å². The summed E-state index contributed by atoms with van der Waals surface area (Å²) in [6.45, 7) is 10.5. The zero-order chi connectivity index (χ0) is 34.2. The van der Waals surface area contributed by atoms with Gasteiger partial charge in [0.05, 0.1) is 0 Å². The van der Waals surface area contributed by atoms with Gasteiger partial charge >= 0.3 is 0 Å². The average molecular weight is 645 g/mol. The first-order valence-corrected chi connectivity index (χ1v) is 16.9. The number of pyridine rings is 1. The SMILES string of the molecule is C=C/C=C\C=C(/C)c1ccc(-c2nc(-c3ccc(-c4cccnc4)cc3)nc(-c3cccc4c3-c3c(ccc5ccccc35)C4(C)C)n2)cc1. The highest BCUT2D eigenvalue weighted by molar-refractivity contribution is 6.06. The molecule has 50 heavy (non-hydrogen) atoms. The van der Waals surface area contributed by atoms with Crippen molar-refractivity contribution in [2.24, 2.45) is 0 Å². The lowest BCUT2D eigenvalue weighted by Crippen LogP contribution is -2.14. The maximum absolute atomic E-state index is 5.21. The van der Waals surface area contributed by atoms with Crippen molar-refractivity contribution in [1.29, 1.82) is 0 Å². The van der Waals surface area contributed by atoms with Crippen LogP contribution in [0.15, 0.2) is 159 Å². The predicted octanol–water partition coefficient (Wildman–Crippen LogP) is 11.5. The van der Waals surface area contributed by atoms with E-state index in [1.807, 2.05) is 24.4 Å². The van der Waals surface area contributed by atoms with Crippen LogP contribution in [0.25, 0.3) is 72.8 Å². The summed E-state index contributed by atoms with van der Waals surface area (Å²) >= 11 is 0. The fourth-order valence-electron chi connectivity index (χ4n) is 7.09. The highest BCUT2D eigenvalue weighted by atomic mass is 15.0. The van der Waals surface area contributed by atoms with Crippen molar-refractivity contribution in [2.45, 2.75) is 26.2 Å². The molecule has 0 saturated heterocycles. The van der Waals surface area contributed by atoms with Gasteiger partial charge in [-0.15, -0.1) is 0 Å². The van der Waals surface area contributed by atoms with Crippen molar-refractivity contribution >= 4 is 16.3 Å². The van der Waals surface area contributed by atoms with Crippen LogP contribution in [0, 0.1) is 0 Å². The topological polar surface area (TPSA) is 51.6 Å². The van der Waals surface area contributed by atoms with E-state index in [0.29, 0.717) is 17.5 Å². The summed E-state index contributed by atoms with van der Waals surface area (Å²) in [5.41, 5.74) is 12.2. The lowest BCUT2D eigenvalue weighted by Gasteiger charge is -2.21. The number of allylic oxidation sites excluding steroid dienone is 5. The molecule has 0 unspecified atom stereocenters. The van der Waals surface area contributed by atoms with Gasteiger partial charge in [0.2, 0.25) is 0 Å². The molecule has 5 aromatic carbocycles. The quantitative estimate of drug-likeness (QED) is 0.162. The standard InChI is InChI=1S/C46H36N4/c1-5-6-7-12-30(2)31-18-22-34(23-19-31)43-48-44(35-24-20-32(21-25-35)36-14-11-28-47-29-36)50-45(49-43)38-16-10-17-39-42(38)41-37-15-9-8-13-33(37)26-27-40(41)46(39,3)4/h5-29H,1H2,2-4H3/b7-6-,30-12+. The zero-order valence-electron chi connectivity index (χ0n) is 28.4. The van der Waals surface area contributed by atoms with Gasteiger partial charge in [-0.3, -0.25) is 4.98 Å². The van der Waals surface area contributed by atoms with Gasteiger partial charge in [-0.05, 0) is 68.3 Å². The minimum absolute atomic E-state index is 0.173. The van der Waals surface area contributed by atoms with Crippen molar-refractivity contribution in [3.8, 4) is 56.4 Å². The third kappa shape index (κ3) is 5.45. The molecule has 4 nitrogen and oxygen atoms in total. The minimum atomic E-state index is -0.173. The molecule has 0 saturated carbocycles. The molecule has 1 aliphatic carbocycles. The summed E-state index contributed by atoms with van der Waals surface area (Å²) in [5, 5.41) is 2.46. The van der Waals surface area contributed by atoms with E-state index in [2.05, 4.69) is 148 Å². The van der Waals surface area contributed by atoms with E-state index >= 15 is 0 Å². The molecule has 0 amide bonds. The number of rotatable bonds is 7. The second-order valence-corrected chi connectivity index (χ2v) is 13.2. The molecule has 1 aliphatic rings. The zero-order valence-corrected chi connectivity index (χ0v) is 28.4. The van der Waals surface area contributed by atoms with Gasteiger partial charge in [0, 0.05) is 34.5 Å². The summed E-state index contributed by atoms with van der Waals surface area (Å²) < 4.78 is 0. The maximum Gasteiger partial charge on any atom is 0.164 e. The number of nitrogens with zero attached hydrogens (tertiary/aromatic N) is 4. The highest BCUT2D eigenvalue weighted by Crippen LogP contribution is 2.54. The summed E-state index contributed by atoms with van der Waals surface area (Å²) in [7, 11) is 0. The van der Waals surface area contributed by atoms with Gasteiger partial charge in [0.25, 0.3) is 0 Å². The average Bonchev–Trinajstić information content (AvgIpc) is 3.41. The van der Waals surface area contributed by atoms with E-state index in [4.69, 9.17) is 15.0 Å². The number of fused-ring (bicyclic) bond motifs is 5. The largest absolute Gasteiger partial charge is 0.264 e. The lowest BCUT2D eigenvalue weighted by atomic mass is 9.82. The molecule has 0 atom stereocenters. The first-order chi connectivity index (χ1) is 24.4. The van der Waals surface area contributed by atoms with E-state index in [1.165, 1.54) is 33.0 Å². The Labute approximate surface area is 293 Å². The van der Waals surface area contributed by atoms with E-state index in [9.17, 15) is 0 Å². The predicted molar refractivity (Wildman–Crippen MR) is 207 cm³/mol. The Morgan fingerprint density at radius 1 is 0.600 bits per heavy atom. The van der Waals surface area contributed by atoms with E-state index in [0.717, 1.165) is 39.0 Å². The molecule has 240 valence electrons.